The minimum absolute atomic E-state index is 0.0686. The van der Waals surface area contributed by atoms with Gasteiger partial charge in [-0.3, -0.25) is 0 Å². The molecule has 2 heterocycles. The second-order valence-corrected chi connectivity index (χ2v) is 5.46. The lowest BCUT2D eigenvalue weighted by molar-refractivity contribution is 0.0624. The van der Waals surface area contributed by atoms with Crippen LogP contribution in [0.1, 0.15) is 25.0 Å². The summed E-state index contributed by atoms with van der Waals surface area (Å²) in [7, 11) is 1.71. The minimum atomic E-state index is -0.0686. The van der Waals surface area contributed by atoms with Gasteiger partial charge in [-0.1, -0.05) is 0 Å². The van der Waals surface area contributed by atoms with E-state index in [2.05, 4.69) is 15.1 Å². The second kappa shape index (κ2) is 6.30. The molecule has 0 spiro atoms. The molecule has 0 saturated carbocycles. The summed E-state index contributed by atoms with van der Waals surface area (Å²) >= 11 is 0. The number of aliphatic hydroxyl groups is 1. The monoisotopic (exact) mass is 265 g/mol. The Morgan fingerprint density at radius 3 is 2.89 bits per heavy atom. The number of anilines is 1. The van der Waals surface area contributed by atoms with E-state index in [9.17, 15) is 5.11 Å². The number of hydrogen-bond acceptors (Lipinski definition) is 5. The number of nitrogens with zero attached hydrogens (tertiary/aromatic N) is 3. The first kappa shape index (κ1) is 14.2. The molecule has 1 saturated heterocycles. The SMILES string of the molecule is COCC[C@@]1(CO)CCCN(c2ccc(C)nn2)C1. The molecule has 106 valence electrons. The first-order valence-corrected chi connectivity index (χ1v) is 6.84. The van der Waals surface area contributed by atoms with Gasteiger partial charge in [0.15, 0.2) is 5.82 Å². The van der Waals surface area contributed by atoms with Crippen LogP contribution in [0.25, 0.3) is 0 Å². The smallest absolute Gasteiger partial charge is 0.151 e. The van der Waals surface area contributed by atoms with Gasteiger partial charge >= 0.3 is 0 Å². The Morgan fingerprint density at radius 1 is 1.42 bits per heavy atom. The summed E-state index contributed by atoms with van der Waals surface area (Å²) in [6.45, 7) is 4.63. The topological polar surface area (TPSA) is 58.5 Å². The summed E-state index contributed by atoms with van der Waals surface area (Å²) in [6.07, 6.45) is 3.00. The van der Waals surface area contributed by atoms with Gasteiger partial charge in [0.2, 0.25) is 0 Å². The Hall–Kier alpha value is -1.20. The van der Waals surface area contributed by atoms with Gasteiger partial charge in [0.1, 0.15) is 0 Å². The van der Waals surface area contributed by atoms with E-state index >= 15 is 0 Å². The largest absolute Gasteiger partial charge is 0.396 e. The van der Waals surface area contributed by atoms with Gasteiger partial charge in [-0.15, -0.1) is 5.10 Å². The highest BCUT2D eigenvalue weighted by atomic mass is 16.5. The minimum Gasteiger partial charge on any atom is -0.396 e. The van der Waals surface area contributed by atoms with E-state index in [0.29, 0.717) is 6.61 Å². The van der Waals surface area contributed by atoms with Crippen LogP contribution in [0.2, 0.25) is 0 Å². The number of rotatable bonds is 5. The van der Waals surface area contributed by atoms with Crippen LogP contribution in [0.4, 0.5) is 5.82 Å². The van der Waals surface area contributed by atoms with E-state index < -0.39 is 0 Å². The predicted molar refractivity (Wildman–Crippen MR) is 74.2 cm³/mol. The number of ether oxygens (including phenoxy) is 1. The Morgan fingerprint density at radius 2 is 2.26 bits per heavy atom. The van der Waals surface area contributed by atoms with E-state index in [0.717, 1.165) is 43.9 Å². The zero-order valence-electron chi connectivity index (χ0n) is 11.8. The van der Waals surface area contributed by atoms with Crippen molar-refractivity contribution in [2.45, 2.75) is 26.2 Å². The molecule has 1 aromatic rings. The first-order valence-electron chi connectivity index (χ1n) is 6.84. The summed E-state index contributed by atoms with van der Waals surface area (Å²) in [5, 5.41) is 18.1. The first-order chi connectivity index (χ1) is 9.19. The summed E-state index contributed by atoms with van der Waals surface area (Å²) < 4.78 is 5.17. The van der Waals surface area contributed by atoms with Crippen LogP contribution in [0.3, 0.4) is 0 Å². The molecule has 1 aliphatic rings. The van der Waals surface area contributed by atoms with Crippen LogP contribution in [0.5, 0.6) is 0 Å². The van der Waals surface area contributed by atoms with Crippen LogP contribution in [0.15, 0.2) is 12.1 Å². The Labute approximate surface area is 114 Å². The van der Waals surface area contributed by atoms with Crippen molar-refractivity contribution in [2.75, 3.05) is 38.3 Å². The van der Waals surface area contributed by atoms with Gasteiger partial charge in [0, 0.05) is 32.2 Å². The molecule has 2 rings (SSSR count). The van der Waals surface area contributed by atoms with Crippen LogP contribution in [-0.4, -0.2) is 48.7 Å². The number of aliphatic hydroxyl groups excluding tert-OH is 1. The molecule has 0 radical (unpaired) electrons. The van der Waals surface area contributed by atoms with Gasteiger partial charge in [0.05, 0.1) is 12.3 Å². The molecule has 1 aliphatic heterocycles. The van der Waals surface area contributed by atoms with Gasteiger partial charge < -0.3 is 14.7 Å². The molecule has 5 heteroatoms. The third kappa shape index (κ3) is 3.42. The maximum absolute atomic E-state index is 9.76. The molecule has 0 bridgehead atoms. The highest BCUT2D eigenvalue weighted by molar-refractivity contribution is 5.38. The molecular formula is C14H23N3O2. The number of aromatic nitrogens is 2. The average Bonchev–Trinajstić information content (AvgIpc) is 2.46. The van der Waals surface area contributed by atoms with Crippen molar-refractivity contribution >= 4 is 5.82 Å². The summed E-state index contributed by atoms with van der Waals surface area (Å²) in [5.74, 6) is 0.903. The van der Waals surface area contributed by atoms with E-state index in [-0.39, 0.29) is 12.0 Å². The van der Waals surface area contributed by atoms with E-state index in [1.165, 1.54) is 0 Å². The highest BCUT2D eigenvalue weighted by Gasteiger charge is 2.35. The lowest BCUT2D eigenvalue weighted by atomic mass is 9.78. The quantitative estimate of drug-likeness (QED) is 0.872. The van der Waals surface area contributed by atoms with Gasteiger partial charge in [-0.25, -0.2) is 0 Å². The molecule has 19 heavy (non-hydrogen) atoms. The van der Waals surface area contributed by atoms with Crippen molar-refractivity contribution in [1.29, 1.82) is 0 Å². The average molecular weight is 265 g/mol. The maximum atomic E-state index is 9.76. The molecule has 0 unspecified atom stereocenters. The number of hydrogen-bond donors (Lipinski definition) is 1. The van der Waals surface area contributed by atoms with Gasteiger partial charge in [-0.2, -0.15) is 5.10 Å². The van der Waals surface area contributed by atoms with E-state index in [1.807, 2.05) is 19.1 Å². The fourth-order valence-electron chi connectivity index (χ4n) is 2.69. The molecule has 1 fully saturated rings. The summed E-state index contributed by atoms with van der Waals surface area (Å²) in [4.78, 5) is 2.22. The van der Waals surface area contributed by atoms with Crippen LogP contribution in [-0.2, 0) is 4.74 Å². The molecule has 0 aliphatic carbocycles. The van der Waals surface area contributed by atoms with E-state index in [1.54, 1.807) is 7.11 Å². The Balaban J connectivity index is 2.08. The second-order valence-electron chi connectivity index (χ2n) is 5.46. The maximum Gasteiger partial charge on any atom is 0.151 e. The molecular weight excluding hydrogens is 242 g/mol. The third-order valence-electron chi connectivity index (χ3n) is 3.94. The molecule has 1 N–H and O–H groups in total. The molecule has 0 aromatic carbocycles. The summed E-state index contributed by atoms with van der Waals surface area (Å²) in [5.41, 5.74) is 0.856. The van der Waals surface area contributed by atoms with Crippen molar-refractivity contribution in [3.8, 4) is 0 Å². The van der Waals surface area contributed by atoms with Gasteiger partial charge in [0.25, 0.3) is 0 Å². The number of piperidine rings is 1. The van der Waals surface area contributed by atoms with E-state index in [4.69, 9.17) is 4.74 Å². The standard InChI is InChI=1S/C14H23N3O2/c1-12-4-5-13(16-15-12)17-8-3-6-14(10-17,11-18)7-9-19-2/h4-5,18H,3,6-11H2,1-2H3/t14-/m0/s1. The lowest BCUT2D eigenvalue weighted by Gasteiger charge is -2.42. The summed E-state index contributed by atoms with van der Waals surface area (Å²) in [6, 6.07) is 3.98. The number of aryl methyl sites for hydroxylation is 1. The van der Waals surface area contributed by atoms with Gasteiger partial charge in [-0.05, 0) is 38.3 Å². The zero-order valence-corrected chi connectivity index (χ0v) is 11.8. The van der Waals surface area contributed by atoms with Crippen molar-refractivity contribution in [2.24, 2.45) is 5.41 Å². The zero-order chi connectivity index (χ0) is 13.7. The molecule has 5 nitrogen and oxygen atoms in total. The lowest BCUT2D eigenvalue weighted by Crippen LogP contribution is -2.46. The Bertz CT molecular complexity index is 396. The van der Waals surface area contributed by atoms with Crippen LogP contribution >= 0.6 is 0 Å². The van der Waals surface area contributed by atoms with Crippen LogP contribution < -0.4 is 4.90 Å². The fraction of sp³-hybridized carbons (Fsp3) is 0.714. The van der Waals surface area contributed by atoms with Crippen molar-refractivity contribution in [3.05, 3.63) is 17.8 Å². The molecule has 1 atom stereocenters. The highest BCUT2D eigenvalue weighted by Crippen LogP contribution is 2.34. The van der Waals surface area contributed by atoms with Crippen molar-refractivity contribution in [3.63, 3.8) is 0 Å². The Kier molecular flexibility index (Phi) is 4.71. The van der Waals surface area contributed by atoms with Crippen molar-refractivity contribution < 1.29 is 9.84 Å². The normalized spacial score (nSPS) is 23.6. The van der Waals surface area contributed by atoms with Crippen molar-refractivity contribution in [1.82, 2.24) is 10.2 Å². The molecule has 0 amide bonds. The number of methoxy groups -OCH3 is 1. The molecule has 1 aromatic heterocycles. The van der Waals surface area contributed by atoms with Crippen LogP contribution in [0, 0.1) is 12.3 Å². The fourth-order valence-corrected chi connectivity index (χ4v) is 2.69. The third-order valence-corrected chi connectivity index (χ3v) is 3.94. The predicted octanol–water partition coefficient (Wildman–Crippen LogP) is 1.40.